The van der Waals surface area contributed by atoms with E-state index in [1.165, 1.54) is 6.92 Å². The van der Waals surface area contributed by atoms with E-state index >= 15 is 0 Å². The van der Waals surface area contributed by atoms with Gasteiger partial charge in [0, 0.05) is 6.92 Å². The van der Waals surface area contributed by atoms with Crippen molar-refractivity contribution in [1.82, 2.24) is 0 Å². The maximum Gasteiger partial charge on any atom is 0.379 e. The number of benzene rings is 1. The van der Waals surface area contributed by atoms with Crippen LogP contribution in [0.5, 0.6) is 5.75 Å². The van der Waals surface area contributed by atoms with Crippen molar-refractivity contribution >= 4 is 11.8 Å². The third-order valence-corrected chi connectivity index (χ3v) is 1.24. The molecule has 0 atom stereocenters. The second kappa shape index (κ2) is 5.05. The number of para-hydroxylation sites is 1. The minimum atomic E-state index is -0.832. The lowest BCUT2D eigenvalue weighted by Gasteiger charge is -1.99. The van der Waals surface area contributed by atoms with E-state index in [-0.39, 0.29) is 5.48 Å². The molecule has 4 heteroatoms. The zero-order valence-electron chi connectivity index (χ0n) is 7.11. The molecule has 0 aliphatic carbocycles. The molecule has 0 unspecified atom stereocenters. The predicted octanol–water partition coefficient (Wildman–Crippen LogP) is 0.356. The first kappa shape index (κ1) is 11.3. The molecule has 0 saturated heterocycles. The van der Waals surface area contributed by atoms with Crippen LogP contribution in [-0.4, -0.2) is 17.2 Å². The van der Waals surface area contributed by atoms with Crippen molar-refractivity contribution in [2.45, 2.75) is 6.92 Å². The van der Waals surface area contributed by atoms with Gasteiger partial charge in [0.05, 0.1) is 0 Å². The van der Waals surface area contributed by atoms with Crippen LogP contribution in [-0.2, 0) is 9.59 Å². The molecule has 4 nitrogen and oxygen atoms in total. The van der Waals surface area contributed by atoms with Gasteiger partial charge in [0.2, 0.25) is 5.78 Å². The van der Waals surface area contributed by atoms with Gasteiger partial charge in [-0.05, 0) is 12.1 Å². The summed E-state index contributed by atoms with van der Waals surface area (Å²) < 4.78 is 4.69. The average molecular weight is 182 g/mol. The summed E-state index contributed by atoms with van der Waals surface area (Å²) in [5.74, 6) is -1.04. The first-order valence-electron chi connectivity index (χ1n) is 3.48. The predicted molar refractivity (Wildman–Crippen MR) is 46.4 cm³/mol. The number of esters is 1. The molecule has 1 rings (SSSR count). The maximum atomic E-state index is 10.7. The van der Waals surface area contributed by atoms with Crippen molar-refractivity contribution in [3.63, 3.8) is 0 Å². The molecule has 1 aromatic rings. The van der Waals surface area contributed by atoms with Gasteiger partial charge in [-0.3, -0.25) is 4.79 Å². The molecule has 0 spiro atoms. The summed E-state index contributed by atoms with van der Waals surface area (Å²) in [5.41, 5.74) is 0. The topological polar surface area (TPSA) is 74.9 Å². The fraction of sp³-hybridized carbons (Fsp3) is 0.111. The van der Waals surface area contributed by atoms with Gasteiger partial charge >= 0.3 is 5.97 Å². The fourth-order valence-corrected chi connectivity index (χ4v) is 0.667. The van der Waals surface area contributed by atoms with Crippen molar-refractivity contribution in [3.05, 3.63) is 30.3 Å². The van der Waals surface area contributed by atoms with Gasteiger partial charge in [0.1, 0.15) is 5.75 Å². The first-order chi connectivity index (χ1) is 5.70. The Morgan fingerprint density at radius 2 is 1.69 bits per heavy atom. The van der Waals surface area contributed by atoms with Gasteiger partial charge in [-0.1, -0.05) is 18.2 Å². The molecular formula is C9H10O4. The molecule has 1 aromatic carbocycles. The lowest BCUT2D eigenvalue weighted by atomic mass is 10.3. The summed E-state index contributed by atoms with van der Waals surface area (Å²) in [6.07, 6.45) is 0. The third-order valence-electron chi connectivity index (χ3n) is 1.24. The van der Waals surface area contributed by atoms with Gasteiger partial charge in [0.15, 0.2) is 0 Å². The number of carbonyl (C=O) groups is 2. The highest BCUT2D eigenvalue weighted by Gasteiger charge is 2.08. The molecule has 0 heterocycles. The molecule has 2 N–H and O–H groups in total. The van der Waals surface area contributed by atoms with Crippen molar-refractivity contribution in [2.75, 3.05) is 0 Å². The molecule has 0 bridgehead atoms. The summed E-state index contributed by atoms with van der Waals surface area (Å²) in [4.78, 5) is 21.2. The Bertz CT molecular complexity index is 292. The summed E-state index contributed by atoms with van der Waals surface area (Å²) >= 11 is 0. The lowest BCUT2D eigenvalue weighted by molar-refractivity contribution is -0.146. The molecule has 0 aliphatic rings. The highest BCUT2D eigenvalue weighted by atomic mass is 16.5. The molecule has 13 heavy (non-hydrogen) atoms. The van der Waals surface area contributed by atoms with E-state index in [1.807, 2.05) is 0 Å². The van der Waals surface area contributed by atoms with E-state index in [0.29, 0.717) is 5.75 Å². The Labute approximate surface area is 75.4 Å². The molecular weight excluding hydrogens is 172 g/mol. The number of carbonyl (C=O) groups excluding carboxylic acids is 2. The van der Waals surface area contributed by atoms with Crippen LogP contribution in [0.25, 0.3) is 0 Å². The molecule has 0 saturated carbocycles. The third kappa shape index (κ3) is 3.48. The zero-order chi connectivity index (χ0) is 8.97. The number of ether oxygens (including phenoxy) is 1. The van der Waals surface area contributed by atoms with Gasteiger partial charge in [-0.15, -0.1) is 0 Å². The number of ketones is 1. The van der Waals surface area contributed by atoms with E-state index in [0.717, 1.165) is 0 Å². The van der Waals surface area contributed by atoms with Crippen LogP contribution in [0.1, 0.15) is 6.92 Å². The van der Waals surface area contributed by atoms with E-state index in [4.69, 9.17) is 0 Å². The van der Waals surface area contributed by atoms with Gasteiger partial charge in [-0.2, -0.15) is 0 Å². The van der Waals surface area contributed by atoms with Gasteiger partial charge < -0.3 is 10.2 Å². The fourth-order valence-electron chi connectivity index (χ4n) is 0.667. The Balaban J connectivity index is 0.00000144. The molecule has 0 aromatic heterocycles. The summed E-state index contributed by atoms with van der Waals surface area (Å²) in [7, 11) is 0. The van der Waals surface area contributed by atoms with Crippen LogP contribution in [0.15, 0.2) is 30.3 Å². The Kier molecular flexibility index (Phi) is 4.40. The van der Waals surface area contributed by atoms with Crippen LogP contribution in [0.2, 0.25) is 0 Å². The Morgan fingerprint density at radius 1 is 1.15 bits per heavy atom. The molecule has 70 valence electrons. The Morgan fingerprint density at radius 3 is 2.15 bits per heavy atom. The minimum absolute atomic E-state index is 0. The van der Waals surface area contributed by atoms with Gasteiger partial charge in [0.25, 0.3) is 0 Å². The van der Waals surface area contributed by atoms with Crippen molar-refractivity contribution in [1.29, 1.82) is 0 Å². The zero-order valence-corrected chi connectivity index (χ0v) is 7.11. The Hall–Kier alpha value is -1.68. The number of rotatable bonds is 2. The average Bonchev–Trinajstić information content (AvgIpc) is 2.06. The van der Waals surface area contributed by atoms with Crippen molar-refractivity contribution in [3.8, 4) is 5.75 Å². The van der Waals surface area contributed by atoms with E-state index < -0.39 is 11.8 Å². The molecule has 0 amide bonds. The quantitative estimate of drug-likeness (QED) is 0.376. The van der Waals surface area contributed by atoms with Crippen LogP contribution in [0.3, 0.4) is 0 Å². The van der Waals surface area contributed by atoms with Crippen LogP contribution in [0.4, 0.5) is 0 Å². The van der Waals surface area contributed by atoms with E-state index in [9.17, 15) is 9.59 Å². The second-order valence-electron chi connectivity index (χ2n) is 2.26. The summed E-state index contributed by atoms with van der Waals surface area (Å²) in [6, 6.07) is 8.47. The highest BCUT2D eigenvalue weighted by molar-refractivity contribution is 6.33. The van der Waals surface area contributed by atoms with Gasteiger partial charge in [-0.25, -0.2) is 4.79 Å². The van der Waals surface area contributed by atoms with Crippen LogP contribution >= 0.6 is 0 Å². The van der Waals surface area contributed by atoms with E-state index in [1.54, 1.807) is 30.3 Å². The maximum absolute atomic E-state index is 10.7. The smallest absolute Gasteiger partial charge is 0.379 e. The molecule has 0 aliphatic heterocycles. The highest BCUT2D eigenvalue weighted by Crippen LogP contribution is 2.08. The number of hydrogen-bond acceptors (Lipinski definition) is 3. The summed E-state index contributed by atoms with van der Waals surface area (Å²) in [5, 5.41) is 0. The summed E-state index contributed by atoms with van der Waals surface area (Å²) in [6.45, 7) is 1.17. The van der Waals surface area contributed by atoms with Crippen molar-refractivity contribution < 1.29 is 19.8 Å². The van der Waals surface area contributed by atoms with Crippen LogP contribution in [0, 0.1) is 0 Å². The number of Topliss-reactive ketones (excluding diaryl/α,β-unsaturated/α-hetero) is 1. The molecule has 0 fully saturated rings. The standard InChI is InChI=1S/C9H8O3.H2O/c1-7(10)9(11)12-8-5-3-2-4-6-8;/h2-6H,1H3;1H2. The molecule has 0 radical (unpaired) electrons. The monoisotopic (exact) mass is 182 g/mol. The largest absolute Gasteiger partial charge is 0.421 e. The lowest BCUT2D eigenvalue weighted by Crippen LogP contribution is -2.16. The SMILES string of the molecule is CC(=O)C(=O)Oc1ccccc1.O. The first-order valence-corrected chi connectivity index (χ1v) is 3.48. The van der Waals surface area contributed by atoms with E-state index in [2.05, 4.69) is 4.74 Å². The normalized spacial score (nSPS) is 8.38. The second-order valence-corrected chi connectivity index (χ2v) is 2.26. The minimum Gasteiger partial charge on any atom is -0.421 e. The van der Waals surface area contributed by atoms with Crippen LogP contribution < -0.4 is 4.74 Å². The van der Waals surface area contributed by atoms with Crippen molar-refractivity contribution in [2.24, 2.45) is 0 Å². The number of hydrogen-bond donors (Lipinski definition) is 0.